The number of anilines is 1. The van der Waals surface area contributed by atoms with Gasteiger partial charge in [0.25, 0.3) is 0 Å². The third-order valence-corrected chi connectivity index (χ3v) is 3.25. The zero-order chi connectivity index (χ0) is 11.4. The molecule has 1 aromatic carbocycles. The third kappa shape index (κ3) is 2.35. The Morgan fingerprint density at radius 1 is 1.12 bits per heavy atom. The highest BCUT2D eigenvalue weighted by atomic mass is 19.1. The number of rotatable bonds is 2. The normalized spacial score (nSPS) is 17.2. The van der Waals surface area contributed by atoms with Gasteiger partial charge in [-0.05, 0) is 25.0 Å². The van der Waals surface area contributed by atoms with Gasteiger partial charge >= 0.3 is 0 Å². The molecule has 1 heterocycles. The van der Waals surface area contributed by atoms with E-state index in [1.807, 2.05) is 6.07 Å². The maximum Gasteiger partial charge on any atom is 0.129 e. The molecule has 2 rings (SSSR count). The van der Waals surface area contributed by atoms with E-state index in [1.54, 1.807) is 6.07 Å². The van der Waals surface area contributed by atoms with Crippen molar-refractivity contribution in [3.63, 3.8) is 0 Å². The summed E-state index contributed by atoms with van der Waals surface area (Å²) < 4.78 is 13.6. The largest absolute Gasteiger partial charge is 0.371 e. The molecule has 0 aliphatic carbocycles. The molecule has 0 unspecified atom stereocenters. The Kier molecular flexibility index (Phi) is 3.78. The summed E-state index contributed by atoms with van der Waals surface area (Å²) in [5.41, 5.74) is 7.28. The molecule has 1 fully saturated rings. The maximum absolute atomic E-state index is 13.6. The molecule has 1 aliphatic rings. The van der Waals surface area contributed by atoms with Crippen LogP contribution in [0.5, 0.6) is 0 Å². The smallest absolute Gasteiger partial charge is 0.129 e. The highest BCUT2D eigenvalue weighted by Gasteiger charge is 2.14. The van der Waals surface area contributed by atoms with Crippen LogP contribution in [0.1, 0.15) is 31.2 Å². The van der Waals surface area contributed by atoms with Gasteiger partial charge in [0, 0.05) is 30.9 Å². The minimum atomic E-state index is -0.177. The predicted molar refractivity (Wildman–Crippen MR) is 65.0 cm³/mol. The minimum absolute atomic E-state index is 0.177. The van der Waals surface area contributed by atoms with E-state index in [2.05, 4.69) is 4.90 Å². The van der Waals surface area contributed by atoms with E-state index in [0.717, 1.165) is 18.8 Å². The molecule has 0 atom stereocenters. The Balaban J connectivity index is 2.27. The molecule has 0 spiro atoms. The van der Waals surface area contributed by atoms with Crippen LogP contribution in [0.15, 0.2) is 18.2 Å². The first-order chi connectivity index (χ1) is 7.83. The van der Waals surface area contributed by atoms with Gasteiger partial charge in [-0.3, -0.25) is 0 Å². The Hall–Kier alpha value is -1.09. The van der Waals surface area contributed by atoms with E-state index in [9.17, 15) is 4.39 Å². The highest BCUT2D eigenvalue weighted by Crippen LogP contribution is 2.25. The Morgan fingerprint density at radius 2 is 1.81 bits per heavy atom. The first kappa shape index (κ1) is 11.4. The summed E-state index contributed by atoms with van der Waals surface area (Å²) in [5.74, 6) is -0.177. The van der Waals surface area contributed by atoms with Crippen LogP contribution in [0.2, 0.25) is 0 Å². The first-order valence-corrected chi connectivity index (χ1v) is 6.05. The van der Waals surface area contributed by atoms with Crippen molar-refractivity contribution < 1.29 is 4.39 Å². The molecule has 88 valence electrons. The van der Waals surface area contributed by atoms with E-state index >= 15 is 0 Å². The summed E-state index contributed by atoms with van der Waals surface area (Å²) in [6.45, 7) is 2.32. The van der Waals surface area contributed by atoms with Crippen molar-refractivity contribution in [2.45, 2.75) is 32.2 Å². The third-order valence-electron chi connectivity index (χ3n) is 3.25. The number of hydrogen-bond acceptors (Lipinski definition) is 2. The topological polar surface area (TPSA) is 29.3 Å². The molecule has 1 saturated heterocycles. The fourth-order valence-corrected chi connectivity index (χ4v) is 2.36. The van der Waals surface area contributed by atoms with Gasteiger partial charge in [0.2, 0.25) is 0 Å². The van der Waals surface area contributed by atoms with Crippen LogP contribution in [0.3, 0.4) is 0 Å². The summed E-state index contributed by atoms with van der Waals surface area (Å²) >= 11 is 0. The lowest BCUT2D eigenvalue weighted by molar-refractivity contribution is 0.608. The van der Waals surface area contributed by atoms with Crippen molar-refractivity contribution in [3.8, 4) is 0 Å². The zero-order valence-corrected chi connectivity index (χ0v) is 9.58. The molecule has 0 radical (unpaired) electrons. The average Bonchev–Trinajstić information content (AvgIpc) is 2.57. The van der Waals surface area contributed by atoms with E-state index in [-0.39, 0.29) is 12.4 Å². The average molecular weight is 222 g/mol. The number of benzene rings is 1. The summed E-state index contributed by atoms with van der Waals surface area (Å²) in [4.78, 5) is 2.28. The molecule has 3 heteroatoms. The predicted octanol–water partition coefficient (Wildman–Crippen LogP) is 2.66. The van der Waals surface area contributed by atoms with E-state index in [4.69, 9.17) is 5.73 Å². The van der Waals surface area contributed by atoms with Crippen LogP contribution >= 0.6 is 0 Å². The molecule has 1 aliphatic heterocycles. The van der Waals surface area contributed by atoms with Gasteiger partial charge in [0.1, 0.15) is 5.82 Å². The second-order valence-corrected chi connectivity index (χ2v) is 4.34. The minimum Gasteiger partial charge on any atom is -0.371 e. The SMILES string of the molecule is NCc1c(F)cccc1N1CCCCCC1. The Labute approximate surface area is 96.2 Å². The molecule has 2 nitrogen and oxygen atoms in total. The van der Waals surface area contributed by atoms with Gasteiger partial charge in [-0.2, -0.15) is 0 Å². The number of nitrogens with zero attached hydrogens (tertiary/aromatic N) is 1. The van der Waals surface area contributed by atoms with Gasteiger partial charge in [-0.1, -0.05) is 18.9 Å². The van der Waals surface area contributed by atoms with E-state index in [0.29, 0.717) is 5.56 Å². The van der Waals surface area contributed by atoms with Crippen LogP contribution < -0.4 is 10.6 Å². The van der Waals surface area contributed by atoms with Crippen LogP contribution in [0.25, 0.3) is 0 Å². The quantitative estimate of drug-likeness (QED) is 0.833. The van der Waals surface area contributed by atoms with Crippen molar-refractivity contribution in [2.24, 2.45) is 5.73 Å². The number of halogens is 1. The van der Waals surface area contributed by atoms with Crippen LogP contribution in [0, 0.1) is 5.82 Å². The molecule has 2 N–H and O–H groups in total. The fraction of sp³-hybridized carbons (Fsp3) is 0.538. The molecule has 1 aromatic rings. The summed E-state index contributed by atoms with van der Waals surface area (Å²) in [5, 5.41) is 0. The van der Waals surface area contributed by atoms with Crippen LogP contribution in [-0.2, 0) is 6.54 Å². The van der Waals surface area contributed by atoms with Gasteiger partial charge in [0.15, 0.2) is 0 Å². The van der Waals surface area contributed by atoms with Gasteiger partial charge in [-0.25, -0.2) is 4.39 Å². The van der Waals surface area contributed by atoms with E-state index < -0.39 is 0 Å². The standard InChI is InChI=1S/C13H19FN2/c14-12-6-5-7-13(11(12)10-15)16-8-3-1-2-4-9-16/h5-7H,1-4,8-10,15H2. The second-order valence-electron chi connectivity index (χ2n) is 4.34. The lowest BCUT2D eigenvalue weighted by Gasteiger charge is -2.25. The molecule has 0 aromatic heterocycles. The highest BCUT2D eigenvalue weighted by molar-refractivity contribution is 5.54. The second kappa shape index (κ2) is 5.30. The number of hydrogen-bond donors (Lipinski definition) is 1. The van der Waals surface area contributed by atoms with Gasteiger partial charge in [-0.15, -0.1) is 0 Å². The van der Waals surface area contributed by atoms with Crippen molar-refractivity contribution in [1.82, 2.24) is 0 Å². The monoisotopic (exact) mass is 222 g/mol. The molecular weight excluding hydrogens is 203 g/mol. The fourth-order valence-electron chi connectivity index (χ4n) is 2.36. The molecule has 0 amide bonds. The lowest BCUT2D eigenvalue weighted by Crippen LogP contribution is -2.26. The summed E-state index contributed by atoms with van der Waals surface area (Å²) in [6, 6.07) is 5.24. The van der Waals surface area contributed by atoms with Gasteiger partial charge in [0.05, 0.1) is 0 Å². The molecule has 16 heavy (non-hydrogen) atoms. The zero-order valence-electron chi connectivity index (χ0n) is 9.58. The summed E-state index contributed by atoms with van der Waals surface area (Å²) in [6.07, 6.45) is 4.95. The molecule has 0 saturated carbocycles. The molecular formula is C13H19FN2. The van der Waals surface area contributed by atoms with Crippen molar-refractivity contribution >= 4 is 5.69 Å². The Morgan fingerprint density at radius 3 is 2.44 bits per heavy atom. The van der Waals surface area contributed by atoms with Gasteiger partial charge < -0.3 is 10.6 Å². The lowest BCUT2D eigenvalue weighted by atomic mass is 10.1. The van der Waals surface area contributed by atoms with Crippen molar-refractivity contribution in [1.29, 1.82) is 0 Å². The van der Waals surface area contributed by atoms with E-state index in [1.165, 1.54) is 31.7 Å². The van der Waals surface area contributed by atoms with Crippen LogP contribution in [-0.4, -0.2) is 13.1 Å². The maximum atomic E-state index is 13.6. The van der Waals surface area contributed by atoms with Crippen LogP contribution in [0.4, 0.5) is 10.1 Å². The first-order valence-electron chi connectivity index (χ1n) is 6.05. The Bertz CT molecular complexity index is 344. The van der Waals surface area contributed by atoms with Crippen molar-refractivity contribution in [2.75, 3.05) is 18.0 Å². The number of nitrogens with two attached hydrogens (primary N) is 1. The summed E-state index contributed by atoms with van der Waals surface area (Å²) in [7, 11) is 0. The van der Waals surface area contributed by atoms with Crippen molar-refractivity contribution in [3.05, 3.63) is 29.6 Å². The molecule has 0 bridgehead atoms.